The van der Waals surface area contributed by atoms with Crippen molar-refractivity contribution in [1.29, 1.82) is 0 Å². The van der Waals surface area contributed by atoms with Crippen molar-refractivity contribution in [3.63, 3.8) is 0 Å². The second-order valence-electron chi connectivity index (χ2n) is 2.35. The Hall–Kier alpha value is -0.795. The van der Waals surface area contributed by atoms with Gasteiger partial charge < -0.3 is 6.15 Å². The molecule has 0 bridgehead atoms. The van der Waals surface area contributed by atoms with Gasteiger partial charge in [-0.25, -0.2) is 0 Å². The first-order valence-electron chi connectivity index (χ1n) is 3.62. The number of fused-ring (bicyclic) bond motifs is 1. The van der Waals surface area contributed by atoms with Crippen molar-refractivity contribution in [2.75, 3.05) is 0 Å². The molecule has 0 aliphatic heterocycles. The van der Waals surface area contributed by atoms with Crippen molar-refractivity contribution in [2.45, 2.75) is 0 Å². The largest absolute Gasteiger partial charge is 0.344 e. The highest BCUT2D eigenvalue weighted by atomic mass is 79.9. The van der Waals surface area contributed by atoms with E-state index in [0.717, 1.165) is 0 Å². The first-order valence-corrected chi connectivity index (χ1v) is 4.54. The predicted octanol–water partition coefficient (Wildman–Crippen LogP) is 3.47. The minimum atomic E-state index is 0. The van der Waals surface area contributed by atoms with Gasteiger partial charge in [0.1, 0.15) is 0 Å². The van der Waals surface area contributed by atoms with Gasteiger partial charge in [0.05, 0.1) is 0 Å². The molecule has 0 fully saturated rings. The molecule has 0 amide bonds. The van der Waals surface area contributed by atoms with Gasteiger partial charge in [0.25, 0.3) is 0 Å². The lowest BCUT2D eigenvalue weighted by atomic mass is 10.1. The third-order valence-electron chi connectivity index (χ3n) is 1.66. The molecule has 13 heavy (non-hydrogen) atoms. The first-order chi connectivity index (χ1) is 5.97. The normalized spacial score (nSPS) is 8.08. The summed E-state index contributed by atoms with van der Waals surface area (Å²) >= 11 is 2.44. The number of rotatable bonds is 0. The van der Waals surface area contributed by atoms with E-state index >= 15 is 0 Å². The van der Waals surface area contributed by atoms with E-state index in [2.05, 4.69) is 71.0 Å². The first kappa shape index (κ1) is 12.2. The van der Waals surface area contributed by atoms with E-state index in [1.807, 2.05) is 0 Å². The summed E-state index contributed by atoms with van der Waals surface area (Å²) in [5.41, 5.74) is 0. The molecule has 0 aromatic heterocycles. The Balaban J connectivity index is 0.000000451. The highest BCUT2D eigenvalue weighted by Crippen LogP contribution is 2.11. The number of hydrogen-bond acceptors (Lipinski definition) is 1. The zero-order valence-electron chi connectivity index (χ0n) is 7.28. The predicted molar refractivity (Wildman–Crippen MR) is 63.7 cm³/mol. The molecule has 0 spiro atoms. The van der Waals surface area contributed by atoms with Gasteiger partial charge in [-0.15, -0.1) is 0 Å². The second-order valence-corrected chi connectivity index (χ2v) is 2.35. The zero-order valence-corrected chi connectivity index (χ0v) is 8.87. The van der Waals surface area contributed by atoms with Crippen molar-refractivity contribution < 1.29 is 0 Å². The topological polar surface area (TPSA) is 35.0 Å². The summed E-state index contributed by atoms with van der Waals surface area (Å²) in [4.78, 5) is 0. The summed E-state index contributed by atoms with van der Waals surface area (Å²) in [5, 5.41) is 2.62. The standard InChI is InChI=1S/C10H8.BBr.H3N/c1-2-6-10-8-4-3-7-9(10)5-1;1-2;/h1-8H;;1H3. The molecular weight excluding hydrogens is 225 g/mol. The molecule has 0 saturated heterocycles. The van der Waals surface area contributed by atoms with Crippen LogP contribution in [0.15, 0.2) is 48.5 Å². The molecule has 0 aliphatic rings. The fourth-order valence-corrected chi connectivity index (χ4v) is 1.13. The summed E-state index contributed by atoms with van der Waals surface area (Å²) in [6.45, 7) is 4.31. The van der Waals surface area contributed by atoms with E-state index in [0.29, 0.717) is 0 Å². The molecule has 0 aliphatic carbocycles. The van der Waals surface area contributed by atoms with Gasteiger partial charge in [-0.05, 0) is 10.8 Å². The van der Waals surface area contributed by atoms with Crippen molar-refractivity contribution in [1.82, 2.24) is 6.15 Å². The molecule has 1 nitrogen and oxygen atoms in total. The van der Waals surface area contributed by atoms with Crippen LogP contribution in [0.5, 0.6) is 0 Å². The van der Waals surface area contributed by atoms with Crippen LogP contribution in [0.3, 0.4) is 0 Å². The molecule has 0 saturated carbocycles. The van der Waals surface area contributed by atoms with Gasteiger partial charge >= 0.3 is 0 Å². The van der Waals surface area contributed by atoms with E-state index in [1.165, 1.54) is 10.8 Å². The molecule has 0 unspecified atom stereocenters. The molecule has 0 heterocycles. The summed E-state index contributed by atoms with van der Waals surface area (Å²) in [6, 6.07) is 16.7. The average molecular weight is 236 g/mol. The lowest BCUT2D eigenvalue weighted by molar-refractivity contribution is 1.75. The Labute approximate surface area is 88.1 Å². The van der Waals surface area contributed by atoms with E-state index in [-0.39, 0.29) is 6.15 Å². The number of hydrogen-bond donors (Lipinski definition) is 1. The van der Waals surface area contributed by atoms with Gasteiger partial charge in [-0.3, -0.25) is 0 Å². The number of benzene rings is 2. The van der Waals surface area contributed by atoms with Gasteiger partial charge in [-0.1, -0.05) is 48.5 Å². The summed E-state index contributed by atoms with van der Waals surface area (Å²) in [6.07, 6.45) is 0. The SMILES string of the molecule is N.[B]Br.c1ccc2ccccc2c1. The molecule has 2 radical (unpaired) electrons. The van der Waals surface area contributed by atoms with Crippen LogP contribution >= 0.6 is 15.8 Å². The monoisotopic (exact) mass is 235 g/mol. The second kappa shape index (κ2) is 6.69. The summed E-state index contributed by atoms with van der Waals surface area (Å²) < 4.78 is 0. The quantitative estimate of drug-likeness (QED) is 0.698. The average Bonchev–Trinajstić information content (AvgIpc) is 2.21. The molecular formula is C10H11BBrN. The van der Waals surface area contributed by atoms with Gasteiger partial charge in [0.15, 0.2) is 6.67 Å². The van der Waals surface area contributed by atoms with Crippen LogP contribution in [-0.2, 0) is 0 Å². The highest BCUT2D eigenvalue weighted by molar-refractivity contribution is 9.22. The van der Waals surface area contributed by atoms with E-state index in [4.69, 9.17) is 0 Å². The molecule has 0 atom stereocenters. The Morgan fingerprint density at radius 2 is 0.923 bits per heavy atom. The Morgan fingerprint density at radius 1 is 0.692 bits per heavy atom. The Bertz CT molecular complexity index is 286. The maximum absolute atomic E-state index is 4.31. The maximum atomic E-state index is 4.31. The molecule has 3 heteroatoms. The molecule has 2 aromatic carbocycles. The van der Waals surface area contributed by atoms with Crippen LogP contribution in [0.4, 0.5) is 0 Å². The van der Waals surface area contributed by atoms with Crippen LogP contribution < -0.4 is 6.15 Å². The highest BCUT2D eigenvalue weighted by Gasteiger charge is 1.85. The van der Waals surface area contributed by atoms with Gasteiger partial charge in [0.2, 0.25) is 0 Å². The fraction of sp³-hybridized carbons (Fsp3) is 0. The third kappa shape index (κ3) is 3.21. The molecule has 3 N–H and O–H groups in total. The maximum Gasteiger partial charge on any atom is 0.176 e. The lowest BCUT2D eigenvalue weighted by Crippen LogP contribution is -1.67. The molecule has 66 valence electrons. The zero-order chi connectivity index (χ0) is 8.81. The minimum absolute atomic E-state index is 0. The molecule has 2 aromatic rings. The van der Waals surface area contributed by atoms with Crippen LogP contribution in [0.1, 0.15) is 0 Å². The van der Waals surface area contributed by atoms with E-state index in [9.17, 15) is 0 Å². The van der Waals surface area contributed by atoms with Crippen LogP contribution in [0.2, 0.25) is 0 Å². The minimum Gasteiger partial charge on any atom is -0.344 e. The van der Waals surface area contributed by atoms with Crippen molar-refractivity contribution in [3.05, 3.63) is 48.5 Å². The smallest absolute Gasteiger partial charge is 0.176 e. The number of halogens is 1. The van der Waals surface area contributed by atoms with Crippen LogP contribution in [0, 0.1) is 0 Å². The fourth-order valence-electron chi connectivity index (χ4n) is 1.13. The van der Waals surface area contributed by atoms with Crippen molar-refractivity contribution in [2.24, 2.45) is 0 Å². The van der Waals surface area contributed by atoms with E-state index < -0.39 is 0 Å². The van der Waals surface area contributed by atoms with Gasteiger partial charge in [0, 0.05) is 0 Å². The van der Waals surface area contributed by atoms with E-state index in [1.54, 1.807) is 0 Å². The van der Waals surface area contributed by atoms with Crippen LogP contribution in [-0.4, -0.2) is 6.67 Å². The van der Waals surface area contributed by atoms with Gasteiger partial charge in [-0.2, -0.15) is 15.8 Å². The summed E-state index contributed by atoms with van der Waals surface area (Å²) in [7, 11) is 0. The Morgan fingerprint density at radius 3 is 1.15 bits per heavy atom. The van der Waals surface area contributed by atoms with Crippen molar-refractivity contribution >= 4 is 33.2 Å². The third-order valence-corrected chi connectivity index (χ3v) is 1.66. The van der Waals surface area contributed by atoms with Crippen molar-refractivity contribution in [3.8, 4) is 0 Å². The lowest BCUT2D eigenvalue weighted by Gasteiger charge is -1.92. The summed E-state index contributed by atoms with van der Waals surface area (Å²) in [5.74, 6) is 0. The Kier molecular flexibility index (Phi) is 6.28. The molecule has 2 rings (SSSR count). The van der Waals surface area contributed by atoms with Crippen LogP contribution in [0.25, 0.3) is 10.8 Å².